The second-order valence-electron chi connectivity index (χ2n) is 4.71. The first-order valence-electron chi connectivity index (χ1n) is 5.64. The number of hydrogen-bond acceptors (Lipinski definition) is 3. The molecule has 0 spiro atoms. The number of nitrogens with zero attached hydrogens (tertiary/aromatic N) is 2. The van der Waals surface area contributed by atoms with E-state index in [9.17, 15) is 0 Å². The van der Waals surface area contributed by atoms with E-state index in [2.05, 4.69) is 23.7 Å². The van der Waals surface area contributed by atoms with Crippen molar-refractivity contribution >= 4 is 11.4 Å². The predicted molar refractivity (Wildman–Crippen MR) is 63.9 cm³/mol. The van der Waals surface area contributed by atoms with E-state index in [0.29, 0.717) is 12.0 Å². The smallest absolute Gasteiger partial charge is 0.0738 e. The Balaban J connectivity index is 2.20. The van der Waals surface area contributed by atoms with Gasteiger partial charge in [-0.2, -0.15) is 0 Å². The SMILES string of the molecule is CC(C)CN(c1ccncc1N)C1CC1. The third-order valence-electron chi connectivity index (χ3n) is 2.69. The van der Waals surface area contributed by atoms with Gasteiger partial charge in [0.15, 0.2) is 0 Å². The summed E-state index contributed by atoms with van der Waals surface area (Å²) < 4.78 is 0. The van der Waals surface area contributed by atoms with Crippen molar-refractivity contribution < 1.29 is 0 Å². The molecule has 1 aromatic heterocycles. The molecule has 0 amide bonds. The topological polar surface area (TPSA) is 42.2 Å². The van der Waals surface area contributed by atoms with Crippen LogP contribution in [0.2, 0.25) is 0 Å². The van der Waals surface area contributed by atoms with Gasteiger partial charge in [0.25, 0.3) is 0 Å². The summed E-state index contributed by atoms with van der Waals surface area (Å²) in [5.41, 5.74) is 7.91. The molecule has 1 aliphatic rings. The van der Waals surface area contributed by atoms with Gasteiger partial charge in [-0.1, -0.05) is 13.8 Å². The lowest BCUT2D eigenvalue weighted by Crippen LogP contribution is -2.30. The fraction of sp³-hybridized carbons (Fsp3) is 0.583. The molecule has 1 aromatic rings. The van der Waals surface area contributed by atoms with Crippen molar-refractivity contribution in [3.8, 4) is 0 Å². The highest BCUT2D eigenvalue weighted by Gasteiger charge is 2.30. The van der Waals surface area contributed by atoms with Crippen molar-refractivity contribution in [2.24, 2.45) is 5.92 Å². The van der Waals surface area contributed by atoms with Gasteiger partial charge < -0.3 is 10.6 Å². The number of rotatable bonds is 4. The fourth-order valence-corrected chi connectivity index (χ4v) is 1.88. The Morgan fingerprint density at radius 2 is 2.27 bits per heavy atom. The first-order chi connectivity index (χ1) is 7.18. The molecule has 1 heterocycles. The van der Waals surface area contributed by atoms with Crippen LogP contribution in [-0.4, -0.2) is 17.6 Å². The van der Waals surface area contributed by atoms with E-state index < -0.39 is 0 Å². The normalized spacial score (nSPS) is 15.7. The molecule has 82 valence electrons. The highest BCUT2D eigenvalue weighted by atomic mass is 15.2. The van der Waals surface area contributed by atoms with E-state index in [-0.39, 0.29) is 0 Å². The Kier molecular flexibility index (Phi) is 2.80. The van der Waals surface area contributed by atoms with Crippen LogP contribution in [0.15, 0.2) is 18.5 Å². The van der Waals surface area contributed by atoms with Gasteiger partial charge in [0.1, 0.15) is 0 Å². The molecule has 0 radical (unpaired) electrons. The van der Waals surface area contributed by atoms with Crippen LogP contribution in [0, 0.1) is 5.92 Å². The number of pyridine rings is 1. The van der Waals surface area contributed by atoms with Crippen molar-refractivity contribution in [1.29, 1.82) is 0 Å². The average Bonchev–Trinajstić information content (AvgIpc) is 2.98. The minimum Gasteiger partial charge on any atom is -0.396 e. The summed E-state index contributed by atoms with van der Waals surface area (Å²) in [4.78, 5) is 6.47. The Bertz CT molecular complexity index is 331. The molecule has 0 saturated heterocycles. The summed E-state index contributed by atoms with van der Waals surface area (Å²) in [6, 6.07) is 2.73. The number of aromatic nitrogens is 1. The largest absolute Gasteiger partial charge is 0.396 e. The lowest BCUT2D eigenvalue weighted by atomic mass is 10.2. The van der Waals surface area contributed by atoms with Crippen LogP contribution in [0.25, 0.3) is 0 Å². The zero-order chi connectivity index (χ0) is 10.8. The van der Waals surface area contributed by atoms with Crippen molar-refractivity contribution in [2.75, 3.05) is 17.2 Å². The maximum Gasteiger partial charge on any atom is 0.0738 e. The number of anilines is 2. The highest BCUT2D eigenvalue weighted by Crippen LogP contribution is 2.34. The van der Waals surface area contributed by atoms with Crippen molar-refractivity contribution in [2.45, 2.75) is 32.7 Å². The van der Waals surface area contributed by atoms with Crippen molar-refractivity contribution in [3.63, 3.8) is 0 Å². The quantitative estimate of drug-likeness (QED) is 0.820. The molecule has 0 unspecified atom stereocenters. The van der Waals surface area contributed by atoms with Gasteiger partial charge in [-0.25, -0.2) is 0 Å². The average molecular weight is 205 g/mol. The molecule has 1 fully saturated rings. The molecule has 15 heavy (non-hydrogen) atoms. The van der Waals surface area contributed by atoms with Crippen LogP contribution in [0.1, 0.15) is 26.7 Å². The van der Waals surface area contributed by atoms with Crippen LogP contribution >= 0.6 is 0 Å². The van der Waals surface area contributed by atoms with Gasteiger partial charge >= 0.3 is 0 Å². The van der Waals surface area contributed by atoms with Crippen LogP contribution in [-0.2, 0) is 0 Å². The molecule has 2 rings (SSSR count). The highest BCUT2D eigenvalue weighted by molar-refractivity contribution is 5.66. The fourth-order valence-electron chi connectivity index (χ4n) is 1.88. The maximum absolute atomic E-state index is 5.96. The molecule has 3 nitrogen and oxygen atoms in total. The molecular formula is C12H19N3. The molecule has 1 saturated carbocycles. The first-order valence-corrected chi connectivity index (χ1v) is 5.64. The standard InChI is InChI=1S/C12H19N3/c1-9(2)8-15(10-3-4-10)12-5-6-14-7-11(12)13/h5-7,9-10H,3-4,8,13H2,1-2H3. The second-order valence-corrected chi connectivity index (χ2v) is 4.71. The van der Waals surface area contributed by atoms with Crippen LogP contribution < -0.4 is 10.6 Å². The molecule has 1 aliphatic carbocycles. The van der Waals surface area contributed by atoms with E-state index >= 15 is 0 Å². The molecule has 0 aromatic carbocycles. The second kappa shape index (κ2) is 4.09. The van der Waals surface area contributed by atoms with Crippen LogP contribution in [0.4, 0.5) is 11.4 Å². The minimum atomic E-state index is 0.665. The lowest BCUT2D eigenvalue weighted by Gasteiger charge is -2.27. The molecule has 2 N–H and O–H groups in total. The summed E-state index contributed by atoms with van der Waals surface area (Å²) in [5.74, 6) is 0.665. The third kappa shape index (κ3) is 2.41. The maximum atomic E-state index is 5.96. The zero-order valence-corrected chi connectivity index (χ0v) is 9.48. The summed E-state index contributed by atoms with van der Waals surface area (Å²) in [5, 5.41) is 0. The van der Waals surface area contributed by atoms with Gasteiger partial charge in [-0.3, -0.25) is 4.98 Å². The van der Waals surface area contributed by atoms with Gasteiger partial charge in [0, 0.05) is 18.8 Å². The van der Waals surface area contributed by atoms with E-state index in [1.807, 2.05) is 12.3 Å². The van der Waals surface area contributed by atoms with Gasteiger partial charge in [-0.15, -0.1) is 0 Å². The lowest BCUT2D eigenvalue weighted by molar-refractivity contribution is 0.607. The van der Waals surface area contributed by atoms with Crippen molar-refractivity contribution in [3.05, 3.63) is 18.5 Å². The molecular weight excluding hydrogens is 186 g/mol. The predicted octanol–water partition coefficient (Wildman–Crippen LogP) is 2.29. The summed E-state index contributed by atoms with van der Waals surface area (Å²) in [6.07, 6.45) is 6.16. The van der Waals surface area contributed by atoms with E-state index in [1.54, 1.807) is 6.20 Å². The Morgan fingerprint density at radius 3 is 2.80 bits per heavy atom. The summed E-state index contributed by atoms with van der Waals surface area (Å²) >= 11 is 0. The number of hydrogen-bond donors (Lipinski definition) is 1. The van der Waals surface area contributed by atoms with Gasteiger partial charge in [-0.05, 0) is 24.8 Å². The molecule has 3 heteroatoms. The summed E-state index contributed by atoms with van der Waals surface area (Å²) in [6.45, 7) is 5.57. The number of nitrogen functional groups attached to an aromatic ring is 1. The molecule has 0 atom stereocenters. The van der Waals surface area contributed by atoms with Crippen molar-refractivity contribution in [1.82, 2.24) is 4.98 Å². The van der Waals surface area contributed by atoms with Crippen LogP contribution in [0.5, 0.6) is 0 Å². The zero-order valence-electron chi connectivity index (χ0n) is 9.48. The monoisotopic (exact) mass is 205 g/mol. The Hall–Kier alpha value is -1.25. The molecule has 0 bridgehead atoms. The Labute approximate surface area is 91.3 Å². The van der Waals surface area contributed by atoms with Crippen LogP contribution in [0.3, 0.4) is 0 Å². The van der Waals surface area contributed by atoms with Gasteiger partial charge in [0.05, 0.1) is 17.6 Å². The minimum absolute atomic E-state index is 0.665. The first kappa shape index (κ1) is 10.3. The number of nitrogens with two attached hydrogens (primary N) is 1. The molecule has 0 aliphatic heterocycles. The summed E-state index contributed by atoms with van der Waals surface area (Å²) in [7, 11) is 0. The van der Waals surface area contributed by atoms with Gasteiger partial charge in [0.2, 0.25) is 0 Å². The van der Waals surface area contributed by atoms with E-state index in [1.165, 1.54) is 12.8 Å². The Morgan fingerprint density at radius 1 is 1.53 bits per heavy atom. The van der Waals surface area contributed by atoms with E-state index in [4.69, 9.17) is 5.73 Å². The van der Waals surface area contributed by atoms with E-state index in [0.717, 1.165) is 17.9 Å². The third-order valence-corrected chi connectivity index (χ3v) is 2.69.